The number of rotatable bonds is 4. The van der Waals surface area contributed by atoms with Gasteiger partial charge in [-0.3, -0.25) is 0 Å². The van der Waals surface area contributed by atoms with E-state index >= 15 is 0 Å². The summed E-state index contributed by atoms with van der Waals surface area (Å²) in [6.45, 7) is 2.93. The molecule has 1 N–H and O–H groups in total. The van der Waals surface area contributed by atoms with Crippen LogP contribution < -0.4 is 5.32 Å². The normalized spacial score (nSPS) is 10.9. The highest BCUT2D eigenvalue weighted by Gasteiger charge is 2.01. The van der Waals surface area contributed by atoms with Crippen LogP contribution in [0.3, 0.4) is 0 Å². The number of anilines is 1. The van der Waals surface area contributed by atoms with Crippen molar-refractivity contribution in [1.82, 2.24) is 9.97 Å². The summed E-state index contributed by atoms with van der Waals surface area (Å²) in [6, 6.07) is 10.2. The molecule has 3 rings (SSSR count). The molecule has 0 saturated carbocycles. The van der Waals surface area contributed by atoms with Crippen molar-refractivity contribution in [3.63, 3.8) is 0 Å². The number of hydrogen-bond acceptors (Lipinski definition) is 4. The van der Waals surface area contributed by atoms with Crippen molar-refractivity contribution in [2.45, 2.75) is 13.3 Å². The van der Waals surface area contributed by atoms with Gasteiger partial charge in [-0.25, -0.2) is 9.97 Å². The maximum absolute atomic E-state index is 4.60. The van der Waals surface area contributed by atoms with Crippen LogP contribution in [0, 0.1) is 6.92 Å². The Morgan fingerprint density at radius 3 is 2.95 bits per heavy atom. The lowest BCUT2D eigenvalue weighted by Gasteiger charge is -2.06. The van der Waals surface area contributed by atoms with Crippen LogP contribution in [0.15, 0.2) is 41.0 Å². The zero-order valence-electron chi connectivity index (χ0n) is 11.1. The maximum Gasteiger partial charge on any atom is 0.126 e. The van der Waals surface area contributed by atoms with Gasteiger partial charge in [0.25, 0.3) is 0 Å². The highest BCUT2D eigenvalue weighted by molar-refractivity contribution is 9.10. The Morgan fingerprint density at radius 2 is 2.15 bits per heavy atom. The second kappa shape index (κ2) is 5.89. The van der Waals surface area contributed by atoms with E-state index < -0.39 is 0 Å². The molecule has 0 unspecified atom stereocenters. The van der Waals surface area contributed by atoms with Crippen molar-refractivity contribution in [2.75, 3.05) is 11.9 Å². The first-order valence-corrected chi connectivity index (χ1v) is 8.03. The summed E-state index contributed by atoms with van der Waals surface area (Å²) in [7, 11) is 0. The van der Waals surface area contributed by atoms with E-state index in [0.29, 0.717) is 0 Å². The molecule has 2 aromatic heterocycles. The summed E-state index contributed by atoms with van der Waals surface area (Å²) in [5.41, 5.74) is 1.00. The molecule has 0 aliphatic rings. The molecule has 2 heterocycles. The van der Waals surface area contributed by atoms with Gasteiger partial charge in [0.05, 0.1) is 10.5 Å². The number of aryl methyl sites for hydroxylation is 1. The molecule has 0 spiro atoms. The molecule has 0 aliphatic carbocycles. The molecule has 1 aromatic carbocycles. The van der Waals surface area contributed by atoms with E-state index in [4.69, 9.17) is 0 Å². The summed E-state index contributed by atoms with van der Waals surface area (Å²) in [6.07, 6.45) is 2.85. The second-order valence-electron chi connectivity index (χ2n) is 4.57. The van der Waals surface area contributed by atoms with Crippen LogP contribution >= 0.6 is 27.3 Å². The Bertz CT molecular complexity index is 739. The van der Waals surface area contributed by atoms with Crippen molar-refractivity contribution in [2.24, 2.45) is 0 Å². The first kappa shape index (κ1) is 13.5. The Labute approximate surface area is 130 Å². The molecule has 3 aromatic rings. The summed E-state index contributed by atoms with van der Waals surface area (Å²) in [5, 5.41) is 5.66. The molecule has 20 heavy (non-hydrogen) atoms. The van der Waals surface area contributed by atoms with Crippen molar-refractivity contribution < 1.29 is 0 Å². The monoisotopic (exact) mass is 347 g/mol. The number of nitrogens with zero attached hydrogens (tertiary/aromatic N) is 2. The number of halogens is 1. The lowest BCUT2D eigenvalue weighted by Crippen LogP contribution is -2.05. The van der Waals surface area contributed by atoms with Gasteiger partial charge >= 0.3 is 0 Å². The standard InChI is InChI=1S/C15H14BrN3S/c1-10-9-18-15(20-10)6-7-17-14-5-2-11-8-12(16)3-4-13(11)19-14/h2-5,8-9H,6-7H2,1H3,(H,17,19). The molecule has 0 aliphatic heterocycles. The molecule has 0 fully saturated rings. The predicted octanol–water partition coefficient (Wildman–Crippen LogP) is 4.42. The minimum Gasteiger partial charge on any atom is -0.370 e. The average molecular weight is 348 g/mol. The third-order valence-electron chi connectivity index (χ3n) is 2.97. The first-order chi connectivity index (χ1) is 9.70. The second-order valence-corrected chi connectivity index (χ2v) is 6.81. The Hall–Kier alpha value is -1.46. The highest BCUT2D eigenvalue weighted by atomic mass is 79.9. The molecule has 0 radical (unpaired) electrons. The zero-order valence-corrected chi connectivity index (χ0v) is 13.5. The largest absolute Gasteiger partial charge is 0.370 e. The smallest absolute Gasteiger partial charge is 0.126 e. The van der Waals surface area contributed by atoms with Gasteiger partial charge in [0.15, 0.2) is 0 Å². The number of pyridine rings is 1. The molecule has 0 atom stereocenters. The van der Waals surface area contributed by atoms with Crippen LogP contribution in [0.2, 0.25) is 0 Å². The molecule has 0 amide bonds. The Kier molecular flexibility index (Phi) is 3.98. The van der Waals surface area contributed by atoms with Crippen molar-refractivity contribution in [3.8, 4) is 0 Å². The number of nitrogens with one attached hydrogen (secondary N) is 1. The Balaban J connectivity index is 1.67. The van der Waals surface area contributed by atoms with E-state index in [0.717, 1.165) is 34.2 Å². The van der Waals surface area contributed by atoms with Gasteiger partial charge in [0.2, 0.25) is 0 Å². The van der Waals surface area contributed by atoms with Crippen LogP contribution in [0.1, 0.15) is 9.88 Å². The molecular formula is C15H14BrN3S. The number of thiazole rings is 1. The maximum atomic E-state index is 4.60. The number of aromatic nitrogens is 2. The fourth-order valence-electron chi connectivity index (χ4n) is 2.01. The summed E-state index contributed by atoms with van der Waals surface area (Å²) in [4.78, 5) is 10.2. The van der Waals surface area contributed by atoms with Crippen LogP contribution in [-0.4, -0.2) is 16.5 Å². The van der Waals surface area contributed by atoms with Crippen molar-refractivity contribution in [3.05, 3.63) is 50.9 Å². The molecular weight excluding hydrogens is 334 g/mol. The minimum absolute atomic E-state index is 0.849. The topological polar surface area (TPSA) is 37.8 Å². The number of benzene rings is 1. The summed E-state index contributed by atoms with van der Waals surface area (Å²) < 4.78 is 1.08. The van der Waals surface area contributed by atoms with Gasteiger partial charge in [-0.15, -0.1) is 11.3 Å². The third kappa shape index (κ3) is 3.16. The van der Waals surface area contributed by atoms with Gasteiger partial charge in [-0.05, 0) is 37.3 Å². The van der Waals surface area contributed by atoms with E-state index in [1.165, 1.54) is 9.88 Å². The van der Waals surface area contributed by atoms with Crippen LogP contribution in [0.25, 0.3) is 10.9 Å². The first-order valence-electron chi connectivity index (χ1n) is 6.42. The summed E-state index contributed by atoms with van der Waals surface area (Å²) in [5.74, 6) is 0.910. The third-order valence-corrected chi connectivity index (χ3v) is 4.43. The van der Waals surface area contributed by atoms with Gasteiger partial charge < -0.3 is 5.32 Å². The fraction of sp³-hybridized carbons (Fsp3) is 0.200. The zero-order chi connectivity index (χ0) is 13.9. The van der Waals surface area contributed by atoms with E-state index in [1.54, 1.807) is 11.3 Å². The van der Waals surface area contributed by atoms with Gasteiger partial charge in [-0.2, -0.15) is 0 Å². The summed E-state index contributed by atoms with van der Waals surface area (Å²) >= 11 is 5.22. The SMILES string of the molecule is Cc1cnc(CCNc2ccc3cc(Br)ccc3n2)s1. The lowest BCUT2D eigenvalue weighted by atomic mass is 10.2. The van der Waals surface area contributed by atoms with Gasteiger partial charge in [0, 0.05) is 33.9 Å². The molecule has 5 heteroatoms. The van der Waals surface area contributed by atoms with E-state index in [1.807, 2.05) is 24.4 Å². The molecule has 0 saturated heterocycles. The van der Waals surface area contributed by atoms with Gasteiger partial charge in [0.1, 0.15) is 5.82 Å². The minimum atomic E-state index is 0.849. The lowest BCUT2D eigenvalue weighted by molar-refractivity contribution is 0.990. The Morgan fingerprint density at radius 1 is 1.25 bits per heavy atom. The van der Waals surface area contributed by atoms with E-state index in [2.05, 4.69) is 50.3 Å². The van der Waals surface area contributed by atoms with Crippen LogP contribution in [0.4, 0.5) is 5.82 Å². The molecule has 3 nitrogen and oxygen atoms in total. The van der Waals surface area contributed by atoms with Gasteiger partial charge in [-0.1, -0.05) is 15.9 Å². The molecule has 102 valence electrons. The number of fused-ring (bicyclic) bond motifs is 1. The van der Waals surface area contributed by atoms with Crippen molar-refractivity contribution in [1.29, 1.82) is 0 Å². The van der Waals surface area contributed by atoms with E-state index in [9.17, 15) is 0 Å². The quantitative estimate of drug-likeness (QED) is 0.759. The predicted molar refractivity (Wildman–Crippen MR) is 88.5 cm³/mol. The number of hydrogen-bond donors (Lipinski definition) is 1. The highest BCUT2D eigenvalue weighted by Crippen LogP contribution is 2.20. The van der Waals surface area contributed by atoms with Crippen molar-refractivity contribution >= 4 is 44.0 Å². The fourth-order valence-corrected chi connectivity index (χ4v) is 3.17. The average Bonchev–Trinajstić information content (AvgIpc) is 2.85. The molecule has 0 bridgehead atoms. The van der Waals surface area contributed by atoms with Crippen LogP contribution in [-0.2, 0) is 6.42 Å². The van der Waals surface area contributed by atoms with Crippen LogP contribution in [0.5, 0.6) is 0 Å². The van der Waals surface area contributed by atoms with E-state index in [-0.39, 0.29) is 0 Å².